The molecule has 144 valence electrons. The predicted octanol–water partition coefficient (Wildman–Crippen LogP) is 1.37. The molecule has 0 saturated carbocycles. The molecule has 0 N–H and O–H groups in total. The summed E-state index contributed by atoms with van der Waals surface area (Å²) in [7, 11) is 0. The van der Waals surface area contributed by atoms with E-state index in [4.69, 9.17) is 20.9 Å². The monoisotopic (exact) mass is 391 g/mol. The molecule has 1 amide bonds. The van der Waals surface area contributed by atoms with Crippen LogP contribution < -0.4 is 4.90 Å². The van der Waals surface area contributed by atoms with E-state index in [9.17, 15) is 4.79 Å². The minimum atomic E-state index is 0.174. The van der Waals surface area contributed by atoms with Gasteiger partial charge in [-0.2, -0.15) is 4.98 Å². The van der Waals surface area contributed by atoms with E-state index in [2.05, 4.69) is 19.9 Å². The van der Waals surface area contributed by atoms with Crippen LogP contribution in [0.15, 0.2) is 28.8 Å². The molecule has 8 nitrogen and oxygen atoms in total. The molecule has 2 aromatic rings. The number of benzene rings is 1. The number of anilines is 1. The van der Waals surface area contributed by atoms with Gasteiger partial charge in [-0.05, 0) is 12.1 Å². The molecule has 4 rings (SSSR count). The maximum absolute atomic E-state index is 12.4. The highest BCUT2D eigenvalue weighted by atomic mass is 35.5. The molecule has 2 saturated heterocycles. The van der Waals surface area contributed by atoms with E-state index in [0.29, 0.717) is 49.7 Å². The third-order valence-electron chi connectivity index (χ3n) is 4.86. The fourth-order valence-corrected chi connectivity index (χ4v) is 3.48. The number of halogens is 1. The third-order valence-corrected chi connectivity index (χ3v) is 5.10. The Balaban J connectivity index is 1.31. The van der Waals surface area contributed by atoms with Gasteiger partial charge in [0.05, 0.1) is 19.8 Å². The van der Waals surface area contributed by atoms with Crippen molar-refractivity contribution in [1.82, 2.24) is 19.9 Å². The van der Waals surface area contributed by atoms with E-state index in [-0.39, 0.29) is 5.91 Å². The summed E-state index contributed by atoms with van der Waals surface area (Å²) in [5.74, 6) is 0.699. The molecule has 0 atom stereocenters. The number of amides is 1. The Morgan fingerprint density at radius 1 is 1.11 bits per heavy atom. The van der Waals surface area contributed by atoms with E-state index < -0.39 is 0 Å². The van der Waals surface area contributed by atoms with Gasteiger partial charge in [-0.3, -0.25) is 9.69 Å². The molecule has 1 aromatic heterocycles. The highest BCUT2D eigenvalue weighted by molar-refractivity contribution is 6.30. The van der Waals surface area contributed by atoms with E-state index in [1.807, 2.05) is 29.2 Å². The van der Waals surface area contributed by atoms with E-state index in [1.165, 1.54) is 0 Å². The molecular formula is C18H22ClN5O3. The van der Waals surface area contributed by atoms with Gasteiger partial charge in [0, 0.05) is 49.9 Å². The van der Waals surface area contributed by atoms with Crippen molar-refractivity contribution in [3.8, 4) is 11.4 Å². The average Bonchev–Trinajstić information content (AvgIpc) is 3.19. The van der Waals surface area contributed by atoms with Gasteiger partial charge in [0.25, 0.3) is 0 Å². The van der Waals surface area contributed by atoms with Crippen molar-refractivity contribution in [1.29, 1.82) is 0 Å². The summed E-state index contributed by atoms with van der Waals surface area (Å²) in [6.45, 7) is 6.14. The van der Waals surface area contributed by atoms with Gasteiger partial charge in [-0.1, -0.05) is 28.9 Å². The predicted molar refractivity (Wildman–Crippen MR) is 101 cm³/mol. The summed E-state index contributed by atoms with van der Waals surface area (Å²) >= 11 is 6.02. The first-order chi connectivity index (χ1) is 13.2. The fourth-order valence-electron chi connectivity index (χ4n) is 3.29. The SMILES string of the molecule is O=C(CN1CCN(c2nc(-c3cccc(Cl)c3)no2)CC1)N1CCOCC1. The Morgan fingerprint density at radius 2 is 1.89 bits per heavy atom. The van der Waals surface area contributed by atoms with Crippen LogP contribution in [-0.4, -0.2) is 84.9 Å². The number of morpholine rings is 1. The first-order valence-corrected chi connectivity index (χ1v) is 9.49. The molecule has 2 aliphatic rings. The first kappa shape index (κ1) is 18.2. The first-order valence-electron chi connectivity index (χ1n) is 9.11. The molecule has 2 fully saturated rings. The maximum atomic E-state index is 12.4. The average molecular weight is 392 g/mol. The molecule has 2 aliphatic heterocycles. The Morgan fingerprint density at radius 3 is 2.63 bits per heavy atom. The van der Waals surface area contributed by atoms with Gasteiger partial charge in [-0.15, -0.1) is 0 Å². The summed E-state index contributed by atoms with van der Waals surface area (Å²) in [5.41, 5.74) is 0.826. The summed E-state index contributed by atoms with van der Waals surface area (Å²) in [4.78, 5) is 23.0. The largest absolute Gasteiger partial charge is 0.378 e. The van der Waals surface area contributed by atoms with Crippen LogP contribution in [0.3, 0.4) is 0 Å². The number of aromatic nitrogens is 2. The molecule has 0 unspecified atom stereocenters. The van der Waals surface area contributed by atoms with Gasteiger partial charge >= 0.3 is 6.01 Å². The summed E-state index contributed by atoms with van der Waals surface area (Å²) in [6.07, 6.45) is 0. The molecule has 0 spiro atoms. The molecular weight excluding hydrogens is 370 g/mol. The van der Waals surface area contributed by atoms with Crippen LogP contribution in [0.4, 0.5) is 6.01 Å². The molecule has 3 heterocycles. The number of rotatable bonds is 4. The lowest BCUT2D eigenvalue weighted by Crippen LogP contribution is -2.51. The van der Waals surface area contributed by atoms with Crippen LogP contribution in [0.5, 0.6) is 0 Å². The second kappa shape index (κ2) is 8.24. The summed E-state index contributed by atoms with van der Waals surface area (Å²) in [6, 6.07) is 7.88. The van der Waals surface area contributed by atoms with Gasteiger partial charge in [0.2, 0.25) is 11.7 Å². The summed E-state index contributed by atoms with van der Waals surface area (Å²) in [5, 5.41) is 4.70. The van der Waals surface area contributed by atoms with Crippen molar-refractivity contribution in [3.63, 3.8) is 0 Å². The fraction of sp³-hybridized carbons (Fsp3) is 0.500. The second-order valence-electron chi connectivity index (χ2n) is 6.67. The van der Waals surface area contributed by atoms with Crippen molar-refractivity contribution in [3.05, 3.63) is 29.3 Å². The van der Waals surface area contributed by atoms with Crippen LogP contribution >= 0.6 is 11.6 Å². The standard InChI is InChI=1S/C18H22ClN5O3/c19-15-3-1-2-14(12-15)17-20-18(27-21-17)24-6-4-22(5-7-24)13-16(25)23-8-10-26-11-9-23/h1-3,12H,4-11,13H2. The van der Waals surface area contributed by atoms with Crippen LogP contribution in [0, 0.1) is 0 Å². The lowest BCUT2D eigenvalue weighted by Gasteiger charge is -2.35. The maximum Gasteiger partial charge on any atom is 0.324 e. The normalized spacial score (nSPS) is 18.7. The lowest BCUT2D eigenvalue weighted by atomic mass is 10.2. The van der Waals surface area contributed by atoms with E-state index in [1.54, 1.807) is 0 Å². The Hall–Kier alpha value is -2.16. The van der Waals surface area contributed by atoms with Gasteiger partial charge < -0.3 is 19.1 Å². The van der Waals surface area contributed by atoms with E-state index in [0.717, 1.165) is 31.7 Å². The quantitative estimate of drug-likeness (QED) is 0.779. The minimum Gasteiger partial charge on any atom is -0.378 e. The van der Waals surface area contributed by atoms with Crippen molar-refractivity contribution in [2.75, 3.05) is 63.9 Å². The Kier molecular flexibility index (Phi) is 5.56. The van der Waals surface area contributed by atoms with Crippen molar-refractivity contribution in [2.24, 2.45) is 0 Å². The zero-order chi connectivity index (χ0) is 18.6. The smallest absolute Gasteiger partial charge is 0.324 e. The van der Waals surface area contributed by atoms with Crippen molar-refractivity contribution >= 4 is 23.5 Å². The highest BCUT2D eigenvalue weighted by Gasteiger charge is 2.25. The van der Waals surface area contributed by atoms with Crippen LogP contribution in [0.25, 0.3) is 11.4 Å². The number of piperazine rings is 1. The molecule has 0 bridgehead atoms. The zero-order valence-electron chi connectivity index (χ0n) is 15.0. The zero-order valence-corrected chi connectivity index (χ0v) is 15.8. The number of nitrogens with zero attached hydrogens (tertiary/aromatic N) is 5. The molecule has 0 radical (unpaired) electrons. The molecule has 9 heteroatoms. The van der Waals surface area contributed by atoms with Gasteiger partial charge in [0.15, 0.2) is 0 Å². The lowest BCUT2D eigenvalue weighted by molar-refractivity contribution is -0.136. The number of ether oxygens (including phenoxy) is 1. The topological polar surface area (TPSA) is 74.9 Å². The van der Waals surface area contributed by atoms with Crippen LogP contribution in [-0.2, 0) is 9.53 Å². The molecule has 1 aromatic carbocycles. The van der Waals surface area contributed by atoms with Gasteiger partial charge in [0.1, 0.15) is 0 Å². The van der Waals surface area contributed by atoms with E-state index >= 15 is 0 Å². The second-order valence-corrected chi connectivity index (χ2v) is 7.10. The minimum absolute atomic E-state index is 0.174. The van der Waals surface area contributed by atoms with Gasteiger partial charge in [-0.25, -0.2) is 0 Å². The molecule has 27 heavy (non-hydrogen) atoms. The Labute approximate surface area is 162 Å². The third kappa shape index (κ3) is 4.40. The summed E-state index contributed by atoms with van der Waals surface area (Å²) < 4.78 is 10.7. The number of carbonyl (C=O) groups is 1. The number of hydrogen-bond acceptors (Lipinski definition) is 7. The van der Waals surface area contributed by atoms with Crippen LogP contribution in [0.2, 0.25) is 5.02 Å². The van der Waals surface area contributed by atoms with Crippen LogP contribution in [0.1, 0.15) is 0 Å². The number of carbonyl (C=O) groups excluding carboxylic acids is 1. The van der Waals surface area contributed by atoms with Crippen molar-refractivity contribution in [2.45, 2.75) is 0 Å². The number of hydrogen-bond donors (Lipinski definition) is 0. The molecule has 0 aliphatic carbocycles. The van der Waals surface area contributed by atoms with Crippen molar-refractivity contribution < 1.29 is 14.1 Å². The Bertz CT molecular complexity index is 785. The highest BCUT2D eigenvalue weighted by Crippen LogP contribution is 2.23.